The van der Waals surface area contributed by atoms with Crippen molar-refractivity contribution >= 4 is 5.91 Å². The van der Waals surface area contributed by atoms with Gasteiger partial charge in [-0.3, -0.25) is 4.79 Å². The van der Waals surface area contributed by atoms with E-state index in [0.717, 1.165) is 39.3 Å². The van der Waals surface area contributed by atoms with Crippen LogP contribution >= 0.6 is 0 Å². The summed E-state index contributed by atoms with van der Waals surface area (Å²) < 4.78 is 5.62. The lowest BCUT2D eigenvalue weighted by atomic mass is 9.97. The molecule has 110 valence electrons. The Morgan fingerprint density at radius 2 is 2.11 bits per heavy atom. The van der Waals surface area contributed by atoms with Gasteiger partial charge in [0.25, 0.3) is 0 Å². The van der Waals surface area contributed by atoms with Crippen molar-refractivity contribution in [2.24, 2.45) is 5.92 Å². The molecule has 0 unspecified atom stereocenters. The Balaban J connectivity index is 1.56. The molecule has 2 saturated heterocycles. The number of amides is 1. The zero-order chi connectivity index (χ0) is 13.7. The molecule has 2 heterocycles. The van der Waals surface area contributed by atoms with Crippen molar-refractivity contribution in [2.45, 2.75) is 32.3 Å². The second-order valence-corrected chi connectivity index (χ2v) is 6.02. The number of rotatable bonds is 6. The van der Waals surface area contributed by atoms with Gasteiger partial charge in [-0.05, 0) is 45.3 Å². The highest BCUT2D eigenvalue weighted by Gasteiger charge is 2.33. The minimum Gasteiger partial charge on any atom is -0.363 e. The van der Waals surface area contributed by atoms with Gasteiger partial charge in [0.1, 0.15) is 6.61 Å². The summed E-state index contributed by atoms with van der Waals surface area (Å²) >= 11 is 0. The first kappa shape index (κ1) is 14.8. The van der Waals surface area contributed by atoms with Crippen LogP contribution in [0.15, 0.2) is 0 Å². The van der Waals surface area contributed by atoms with Crippen LogP contribution in [0, 0.1) is 5.92 Å². The topological polar surface area (TPSA) is 53.6 Å². The van der Waals surface area contributed by atoms with Gasteiger partial charge in [-0.1, -0.05) is 6.92 Å². The number of carbonyl (C=O) groups excluding carboxylic acids is 1. The molecule has 2 aliphatic rings. The monoisotopic (exact) mass is 269 g/mol. The van der Waals surface area contributed by atoms with E-state index >= 15 is 0 Å². The maximum atomic E-state index is 11.7. The van der Waals surface area contributed by atoms with Crippen LogP contribution in [0.25, 0.3) is 0 Å². The molecule has 0 radical (unpaired) electrons. The van der Waals surface area contributed by atoms with Gasteiger partial charge in [0, 0.05) is 19.6 Å². The Morgan fingerprint density at radius 1 is 1.42 bits per heavy atom. The first-order valence-electron chi connectivity index (χ1n) is 7.45. The molecule has 0 bridgehead atoms. The molecular formula is C14H27N3O2. The smallest absolute Gasteiger partial charge is 0.246 e. The number of likely N-dealkylation sites (tertiary alicyclic amines) is 1. The first-order chi connectivity index (χ1) is 9.11. The summed E-state index contributed by atoms with van der Waals surface area (Å²) in [5, 5.41) is 6.16. The summed E-state index contributed by atoms with van der Waals surface area (Å²) in [5.74, 6) is 0.652. The number of piperidine rings is 1. The van der Waals surface area contributed by atoms with Crippen LogP contribution < -0.4 is 10.6 Å². The van der Waals surface area contributed by atoms with E-state index in [4.69, 9.17) is 4.74 Å². The summed E-state index contributed by atoms with van der Waals surface area (Å²) in [6.07, 6.45) is 2.38. The maximum Gasteiger partial charge on any atom is 0.246 e. The van der Waals surface area contributed by atoms with Crippen molar-refractivity contribution in [3.63, 3.8) is 0 Å². The summed E-state index contributed by atoms with van der Waals surface area (Å²) in [6, 6.07) is 0. The molecule has 0 aromatic carbocycles. The number of hydrogen-bond donors (Lipinski definition) is 2. The molecule has 0 spiro atoms. The number of nitrogens with zero attached hydrogens (tertiary/aromatic N) is 1. The average molecular weight is 269 g/mol. The molecule has 2 rings (SSSR count). The van der Waals surface area contributed by atoms with E-state index in [1.54, 1.807) is 0 Å². The molecule has 2 aliphatic heterocycles. The first-order valence-corrected chi connectivity index (χ1v) is 7.45. The Hall–Kier alpha value is -0.650. The molecule has 0 aromatic rings. The normalized spacial score (nSPS) is 23.9. The summed E-state index contributed by atoms with van der Waals surface area (Å²) in [4.78, 5) is 14.2. The summed E-state index contributed by atoms with van der Waals surface area (Å²) in [7, 11) is 0. The van der Waals surface area contributed by atoms with Crippen molar-refractivity contribution in [1.82, 2.24) is 15.5 Å². The van der Waals surface area contributed by atoms with E-state index in [1.807, 2.05) is 6.92 Å². The lowest BCUT2D eigenvalue weighted by molar-refractivity contribution is -0.136. The van der Waals surface area contributed by atoms with Gasteiger partial charge in [0.2, 0.25) is 5.91 Å². The van der Waals surface area contributed by atoms with Gasteiger partial charge in [-0.2, -0.15) is 0 Å². The fourth-order valence-corrected chi connectivity index (χ4v) is 2.63. The SMILES string of the molecule is CCN1CCC(CNC(=O)COC2(C)CNC2)CC1. The molecule has 0 atom stereocenters. The Labute approximate surface area is 116 Å². The molecule has 2 fully saturated rings. The molecule has 0 saturated carbocycles. The molecular weight excluding hydrogens is 242 g/mol. The Kier molecular flexibility index (Phi) is 5.19. The Bertz CT molecular complexity index is 297. The van der Waals surface area contributed by atoms with Crippen molar-refractivity contribution in [3.05, 3.63) is 0 Å². The fraction of sp³-hybridized carbons (Fsp3) is 0.929. The Morgan fingerprint density at radius 3 is 2.63 bits per heavy atom. The summed E-state index contributed by atoms with van der Waals surface area (Å²) in [5.41, 5.74) is -0.135. The molecule has 19 heavy (non-hydrogen) atoms. The van der Waals surface area contributed by atoms with E-state index in [0.29, 0.717) is 5.92 Å². The minimum atomic E-state index is -0.135. The third kappa shape index (κ3) is 4.44. The zero-order valence-corrected chi connectivity index (χ0v) is 12.2. The van der Waals surface area contributed by atoms with Gasteiger partial charge in [0.15, 0.2) is 0 Å². The maximum absolute atomic E-state index is 11.7. The van der Waals surface area contributed by atoms with Gasteiger partial charge >= 0.3 is 0 Å². The molecule has 0 aromatic heterocycles. The molecule has 2 N–H and O–H groups in total. The third-order valence-electron chi connectivity index (χ3n) is 4.29. The number of nitrogens with one attached hydrogen (secondary N) is 2. The van der Waals surface area contributed by atoms with Crippen molar-refractivity contribution < 1.29 is 9.53 Å². The van der Waals surface area contributed by atoms with E-state index < -0.39 is 0 Å². The summed E-state index contributed by atoms with van der Waals surface area (Å²) in [6.45, 7) is 10.4. The minimum absolute atomic E-state index is 0.0195. The molecule has 0 aliphatic carbocycles. The third-order valence-corrected chi connectivity index (χ3v) is 4.29. The largest absolute Gasteiger partial charge is 0.363 e. The van der Waals surface area contributed by atoms with Crippen molar-refractivity contribution in [2.75, 3.05) is 45.9 Å². The van der Waals surface area contributed by atoms with Gasteiger partial charge in [0.05, 0.1) is 5.60 Å². The van der Waals surface area contributed by atoms with Crippen LogP contribution in [-0.4, -0.2) is 62.3 Å². The highest BCUT2D eigenvalue weighted by molar-refractivity contribution is 5.77. The molecule has 1 amide bonds. The molecule has 5 heteroatoms. The van der Waals surface area contributed by atoms with Crippen LogP contribution in [0.5, 0.6) is 0 Å². The fourth-order valence-electron chi connectivity index (χ4n) is 2.63. The van der Waals surface area contributed by atoms with E-state index in [-0.39, 0.29) is 18.1 Å². The lowest BCUT2D eigenvalue weighted by Gasteiger charge is -2.38. The zero-order valence-electron chi connectivity index (χ0n) is 12.2. The molecule has 5 nitrogen and oxygen atoms in total. The predicted molar refractivity (Wildman–Crippen MR) is 75.1 cm³/mol. The highest BCUT2D eigenvalue weighted by Crippen LogP contribution is 2.16. The van der Waals surface area contributed by atoms with E-state index in [1.165, 1.54) is 12.8 Å². The van der Waals surface area contributed by atoms with E-state index in [9.17, 15) is 4.79 Å². The van der Waals surface area contributed by atoms with Gasteiger partial charge in [-0.25, -0.2) is 0 Å². The number of carbonyl (C=O) groups is 1. The van der Waals surface area contributed by atoms with Crippen LogP contribution in [-0.2, 0) is 9.53 Å². The predicted octanol–water partition coefficient (Wildman–Crippen LogP) is 0.213. The standard InChI is InChI=1S/C14H27N3O2/c1-3-17-6-4-12(5-7-17)8-16-13(18)9-19-14(2)10-15-11-14/h12,15H,3-11H2,1-2H3,(H,16,18). The second-order valence-electron chi connectivity index (χ2n) is 6.02. The quantitative estimate of drug-likeness (QED) is 0.724. The van der Waals surface area contributed by atoms with Gasteiger partial charge in [-0.15, -0.1) is 0 Å². The van der Waals surface area contributed by atoms with Crippen LogP contribution in [0.2, 0.25) is 0 Å². The second kappa shape index (κ2) is 6.68. The average Bonchev–Trinajstić information content (AvgIpc) is 2.41. The van der Waals surface area contributed by atoms with Gasteiger partial charge < -0.3 is 20.3 Å². The van der Waals surface area contributed by atoms with Crippen LogP contribution in [0.1, 0.15) is 26.7 Å². The van der Waals surface area contributed by atoms with Crippen LogP contribution in [0.3, 0.4) is 0 Å². The van der Waals surface area contributed by atoms with Crippen LogP contribution in [0.4, 0.5) is 0 Å². The number of ether oxygens (including phenoxy) is 1. The van der Waals surface area contributed by atoms with Crippen molar-refractivity contribution in [3.8, 4) is 0 Å². The van der Waals surface area contributed by atoms with Crippen molar-refractivity contribution in [1.29, 1.82) is 0 Å². The highest BCUT2D eigenvalue weighted by atomic mass is 16.5. The van der Waals surface area contributed by atoms with E-state index in [2.05, 4.69) is 22.5 Å². The number of hydrogen-bond acceptors (Lipinski definition) is 4. The lowest BCUT2D eigenvalue weighted by Crippen LogP contribution is -2.59.